The zero-order valence-corrected chi connectivity index (χ0v) is 29.6. The Labute approximate surface area is 275 Å². The number of rotatable bonds is 24. The predicted octanol–water partition coefficient (Wildman–Crippen LogP) is 7.37. The molecular weight excluding hydrogens is 590 g/mol. The molecule has 1 aromatic carbocycles. The van der Waals surface area contributed by atoms with E-state index in [2.05, 4.69) is 54.7 Å². The van der Waals surface area contributed by atoms with Crippen molar-refractivity contribution in [3.8, 4) is 0 Å². The third-order valence-corrected chi connectivity index (χ3v) is 9.12. The van der Waals surface area contributed by atoms with Crippen molar-refractivity contribution < 1.29 is 26.7 Å². The molecule has 1 fully saturated rings. The van der Waals surface area contributed by atoms with Crippen molar-refractivity contribution in [1.82, 2.24) is 14.7 Å². The summed E-state index contributed by atoms with van der Waals surface area (Å²) in [5.74, 6) is 0.453. The maximum Gasteiger partial charge on any atom is 0.226 e. The fourth-order valence-corrected chi connectivity index (χ4v) is 6.07. The highest BCUT2D eigenvalue weighted by Gasteiger charge is 2.33. The van der Waals surface area contributed by atoms with Crippen LogP contribution in [0.15, 0.2) is 24.3 Å². The summed E-state index contributed by atoms with van der Waals surface area (Å²) < 4.78 is 31.7. The van der Waals surface area contributed by atoms with Crippen LogP contribution in [-0.4, -0.2) is 70.1 Å². The minimum absolute atomic E-state index is 0.185. The summed E-state index contributed by atoms with van der Waals surface area (Å²) >= 11 is 0. The average molecular weight is 654 g/mol. The van der Waals surface area contributed by atoms with Crippen molar-refractivity contribution in [1.29, 1.82) is 0 Å². The summed E-state index contributed by atoms with van der Waals surface area (Å²) in [5, 5.41) is 3.14. The Balaban J connectivity index is 0.00000153. The number of quaternary nitrogens is 1. The molecule has 0 saturated carbocycles. The summed E-state index contributed by atoms with van der Waals surface area (Å²) in [5.41, 5.74) is 2.52. The minimum atomic E-state index is -4.41. The molecule has 1 N–H and O–H groups in total. The predicted molar refractivity (Wildman–Crippen MR) is 183 cm³/mol. The molecule has 9 nitrogen and oxygen atoms in total. The number of nitrogens with zero attached hydrogens (tertiary/aromatic N) is 2. The van der Waals surface area contributed by atoms with Gasteiger partial charge in [0.05, 0.1) is 20.7 Å². The molecule has 260 valence electrons. The summed E-state index contributed by atoms with van der Waals surface area (Å²) in [6, 6.07) is 8.49. The lowest BCUT2D eigenvalue weighted by Gasteiger charge is -2.38. The van der Waals surface area contributed by atoms with E-state index in [1.54, 1.807) is 0 Å². The van der Waals surface area contributed by atoms with Crippen LogP contribution < -0.4 is 9.80 Å². The number of para-hydroxylation sites is 1. The van der Waals surface area contributed by atoms with Gasteiger partial charge in [0, 0.05) is 37.9 Å². The fraction of sp³-hybridized carbons (Fsp3) is 0.771. The van der Waals surface area contributed by atoms with Gasteiger partial charge in [0.25, 0.3) is 0 Å². The first-order chi connectivity index (χ1) is 21.5. The number of hydrogen-bond acceptors (Lipinski definition) is 6. The standard InChI is InChI=1S/C34H59N3O2.CH4O4S/c1-4-5-6-7-8-9-10-11-12-13-14-15-16-17-18-25-33(38)35-27-22-29-37(3,30-36-28-21-26-34(36)39)32-24-20-19-23-31(32)2;1-5-6(2,3)4/h19-20,23-24H,4-18,21-22,25-30H2,1-3H3;1H3,(H,2,3,4). The van der Waals surface area contributed by atoms with Gasteiger partial charge in [-0.25, -0.2) is 8.42 Å². The van der Waals surface area contributed by atoms with Gasteiger partial charge >= 0.3 is 0 Å². The van der Waals surface area contributed by atoms with E-state index in [9.17, 15) is 22.6 Å². The molecule has 45 heavy (non-hydrogen) atoms. The lowest BCUT2D eigenvalue weighted by molar-refractivity contribution is -0.129. The highest BCUT2D eigenvalue weighted by atomic mass is 32.3. The molecule has 0 aliphatic carbocycles. The van der Waals surface area contributed by atoms with Crippen LogP contribution in [0.25, 0.3) is 0 Å². The molecule has 1 aliphatic rings. The lowest BCUT2D eigenvalue weighted by Crippen LogP contribution is -2.54. The summed E-state index contributed by atoms with van der Waals surface area (Å²) in [4.78, 5) is 26.7. The average Bonchev–Trinajstić information content (AvgIpc) is 3.40. The Morgan fingerprint density at radius 2 is 1.42 bits per heavy atom. The van der Waals surface area contributed by atoms with Crippen LogP contribution in [0, 0.1) is 6.92 Å². The van der Waals surface area contributed by atoms with Crippen LogP contribution in [0.3, 0.4) is 0 Å². The fourth-order valence-electron chi connectivity index (χ4n) is 6.07. The maximum atomic E-state index is 12.4. The van der Waals surface area contributed by atoms with E-state index >= 15 is 0 Å². The van der Waals surface area contributed by atoms with E-state index in [1.165, 1.54) is 94.7 Å². The molecule has 1 saturated heterocycles. The molecule has 1 heterocycles. The van der Waals surface area contributed by atoms with Gasteiger partial charge < -0.3 is 9.87 Å². The first-order valence-electron chi connectivity index (χ1n) is 17.5. The van der Waals surface area contributed by atoms with Crippen molar-refractivity contribution >= 4 is 27.9 Å². The maximum absolute atomic E-state index is 12.4. The highest BCUT2D eigenvalue weighted by molar-refractivity contribution is 7.80. The van der Waals surface area contributed by atoms with Crippen molar-refractivity contribution in [3.63, 3.8) is 0 Å². The normalized spacial score (nSPS) is 14.6. The number of aryl methyl sites for hydroxylation is 1. The lowest BCUT2D eigenvalue weighted by atomic mass is 10.0. The van der Waals surface area contributed by atoms with E-state index < -0.39 is 10.4 Å². The van der Waals surface area contributed by atoms with Gasteiger partial charge in [-0.2, -0.15) is 0 Å². The number of likely N-dealkylation sites (tertiary alicyclic amines) is 1. The third kappa shape index (κ3) is 20.0. The Bertz CT molecular complexity index is 1050. The first-order valence-corrected chi connectivity index (χ1v) is 18.8. The quantitative estimate of drug-likeness (QED) is 0.0539. The molecule has 0 bridgehead atoms. The molecule has 0 spiro atoms. The van der Waals surface area contributed by atoms with E-state index in [4.69, 9.17) is 0 Å². The topological polar surface area (TPSA) is 116 Å². The second kappa shape index (κ2) is 24.2. The van der Waals surface area contributed by atoms with Crippen molar-refractivity contribution in [3.05, 3.63) is 29.8 Å². The van der Waals surface area contributed by atoms with Crippen LogP contribution in [-0.2, 0) is 24.2 Å². The Hall–Kier alpha value is -2.01. The molecule has 10 heteroatoms. The van der Waals surface area contributed by atoms with Crippen molar-refractivity contribution in [2.24, 2.45) is 0 Å². The number of benzene rings is 1. The van der Waals surface area contributed by atoms with Crippen LogP contribution in [0.4, 0.5) is 5.69 Å². The van der Waals surface area contributed by atoms with Gasteiger partial charge in [-0.15, -0.1) is 0 Å². The van der Waals surface area contributed by atoms with Crippen LogP contribution in [0.5, 0.6) is 0 Å². The van der Waals surface area contributed by atoms with Gasteiger partial charge in [-0.1, -0.05) is 115 Å². The van der Waals surface area contributed by atoms with Crippen LogP contribution >= 0.6 is 0 Å². The van der Waals surface area contributed by atoms with Gasteiger partial charge in [0.15, 0.2) is 6.67 Å². The molecule has 1 unspecified atom stereocenters. The number of carbonyl (C=O) groups is 2. The number of unbranched alkanes of at least 4 members (excludes halogenated alkanes) is 14. The van der Waals surface area contributed by atoms with Crippen LogP contribution in [0.2, 0.25) is 0 Å². The summed E-state index contributed by atoms with van der Waals surface area (Å²) in [6.07, 6.45) is 23.3. The van der Waals surface area contributed by atoms with E-state index in [1.807, 2.05) is 4.90 Å². The smallest absolute Gasteiger partial charge is 0.226 e. The largest absolute Gasteiger partial charge is 0.726 e. The summed E-state index contributed by atoms with van der Waals surface area (Å²) in [7, 11) is -1.38. The number of carbonyl (C=O) groups excluding carboxylic acids is 2. The monoisotopic (exact) mass is 653 g/mol. The van der Waals surface area contributed by atoms with Crippen LogP contribution in [0.1, 0.15) is 134 Å². The van der Waals surface area contributed by atoms with E-state index in [-0.39, 0.29) is 11.8 Å². The number of nitrogens with one attached hydrogen (secondary N) is 1. The zero-order chi connectivity index (χ0) is 33.4. The van der Waals surface area contributed by atoms with Gasteiger partial charge in [0.2, 0.25) is 22.2 Å². The molecule has 0 radical (unpaired) electrons. The molecule has 2 rings (SSSR count). The SMILES string of the molecule is CCCCCCCCCCCCCCCCCC(=O)NCCC[N+](C)(CN1CCCC1=O)c1ccccc1C.COS(=O)(=O)[O-]. The van der Waals surface area contributed by atoms with E-state index in [0.29, 0.717) is 30.5 Å². The minimum Gasteiger partial charge on any atom is -0.726 e. The first kappa shape index (κ1) is 41.0. The van der Waals surface area contributed by atoms with E-state index in [0.717, 1.165) is 45.9 Å². The van der Waals surface area contributed by atoms with Gasteiger partial charge in [0.1, 0.15) is 5.69 Å². The molecular formula is C35H63N3O6S. The number of hydrogen-bond donors (Lipinski definition) is 1. The van der Waals surface area contributed by atoms with Crippen molar-refractivity contribution in [2.45, 2.75) is 136 Å². The molecule has 1 aliphatic heterocycles. The molecule has 1 aromatic rings. The molecule has 2 amide bonds. The second-order valence-corrected chi connectivity index (χ2v) is 13.9. The zero-order valence-electron chi connectivity index (χ0n) is 28.8. The highest BCUT2D eigenvalue weighted by Crippen LogP contribution is 2.27. The molecule has 1 atom stereocenters. The van der Waals surface area contributed by atoms with Crippen molar-refractivity contribution in [2.75, 3.05) is 40.5 Å². The molecule has 0 aromatic heterocycles. The second-order valence-electron chi connectivity index (χ2n) is 12.8. The van der Waals surface area contributed by atoms with Gasteiger partial charge in [-0.05, 0) is 25.8 Å². The Morgan fingerprint density at radius 1 is 0.911 bits per heavy atom. The summed E-state index contributed by atoms with van der Waals surface area (Å²) in [6.45, 7) is 7.59. The Morgan fingerprint density at radius 3 is 1.89 bits per heavy atom. The third-order valence-electron chi connectivity index (χ3n) is 8.71. The number of amides is 2. The Kier molecular flexibility index (Phi) is 22.1. The van der Waals surface area contributed by atoms with Gasteiger partial charge in [-0.3, -0.25) is 23.2 Å².